The summed E-state index contributed by atoms with van der Waals surface area (Å²) in [5.74, 6) is 1.49. The molecule has 0 heterocycles. The maximum atomic E-state index is 5.81. The smallest absolute Gasteiger partial charge is 0.119 e. The van der Waals surface area contributed by atoms with Crippen LogP contribution in [0.15, 0.2) is 57.5 Å². The molecule has 1 unspecified atom stereocenters. The highest BCUT2D eigenvalue weighted by Crippen LogP contribution is 2.23. The summed E-state index contributed by atoms with van der Waals surface area (Å²) < 4.78 is 8.06. The summed E-state index contributed by atoms with van der Waals surface area (Å²) in [4.78, 5) is 0. The van der Waals surface area contributed by atoms with E-state index in [2.05, 4.69) is 66.0 Å². The molecule has 2 aromatic rings. The predicted octanol–water partition coefficient (Wildman–Crippen LogP) is 6.23. The zero-order chi connectivity index (χ0) is 15.1. The number of hydrogen-bond donors (Lipinski definition) is 0. The Morgan fingerprint density at radius 1 is 0.952 bits per heavy atom. The third-order valence-electron chi connectivity index (χ3n) is 3.29. The standard InChI is InChI=1S/C17H17Br3O/c18-12-13(11-14-3-1-2-4-17(14)20)9-10-21-16-7-5-15(19)6-8-16/h1-8,13H,9-12H2. The van der Waals surface area contributed by atoms with Crippen LogP contribution in [0, 0.1) is 5.92 Å². The van der Waals surface area contributed by atoms with Gasteiger partial charge in [0.1, 0.15) is 5.75 Å². The molecule has 0 N–H and O–H groups in total. The van der Waals surface area contributed by atoms with Crippen LogP contribution < -0.4 is 4.74 Å². The molecule has 2 aromatic carbocycles. The number of hydrogen-bond acceptors (Lipinski definition) is 1. The number of alkyl halides is 1. The lowest BCUT2D eigenvalue weighted by Gasteiger charge is -2.15. The molecule has 4 heteroatoms. The van der Waals surface area contributed by atoms with Gasteiger partial charge < -0.3 is 4.74 Å². The van der Waals surface area contributed by atoms with Gasteiger partial charge in [-0.2, -0.15) is 0 Å². The van der Waals surface area contributed by atoms with Crippen molar-refractivity contribution in [2.45, 2.75) is 12.8 Å². The van der Waals surface area contributed by atoms with Gasteiger partial charge in [0.15, 0.2) is 0 Å². The fourth-order valence-corrected chi connectivity index (χ4v) is 3.35. The molecule has 0 aromatic heterocycles. The van der Waals surface area contributed by atoms with Gasteiger partial charge in [0.25, 0.3) is 0 Å². The van der Waals surface area contributed by atoms with E-state index in [1.807, 2.05) is 30.3 Å². The van der Waals surface area contributed by atoms with E-state index >= 15 is 0 Å². The van der Waals surface area contributed by atoms with Gasteiger partial charge in [0.2, 0.25) is 0 Å². The molecule has 2 rings (SSSR count). The Labute approximate surface area is 151 Å². The van der Waals surface area contributed by atoms with Crippen LogP contribution in [0.4, 0.5) is 0 Å². The van der Waals surface area contributed by atoms with Crippen molar-refractivity contribution in [2.24, 2.45) is 5.92 Å². The zero-order valence-electron chi connectivity index (χ0n) is 11.6. The van der Waals surface area contributed by atoms with Gasteiger partial charge in [-0.3, -0.25) is 0 Å². The Morgan fingerprint density at radius 3 is 2.33 bits per heavy atom. The number of benzene rings is 2. The van der Waals surface area contributed by atoms with Crippen LogP contribution in [0.2, 0.25) is 0 Å². The Morgan fingerprint density at radius 2 is 1.67 bits per heavy atom. The fourth-order valence-electron chi connectivity index (χ4n) is 2.08. The average Bonchev–Trinajstić information content (AvgIpc) is 2.50. The van der Waals surface area contributed by atoms with Crippen LogP contribution in [-0.2, 0) is 6.42 Å². The molecule has 0 saturated carbocycles. The lowest BCUT2D eigenvalue weighted by molar-refractivity contribution is 0.285. The van der Waals surface area contributed by atoms with Crippen molar-refractivity contribution in [2.75, 3.05) is 11.9 Å². The first kappa shape index (κ1) is 17.0. The van der Waals surface area contributed by atoms with E-state index in [0.29, 0.717) is 5.92 Å². The van der Waals surface area contributed by atoms with Crippen LogP contribution >= 0.6 is 47.8 Å². The van der Waals surface area contributed by atoms with Crippen molar-refractivity contribution in [1.29, 1.82) is 0 Å². The molecule has 0 aliphatic rings. The number of halogens is 3. The molecule has 0 bridgehead atoms. The van der Waals surface area contributed by atoms with Gasteiger partial charge in [0.05, 0.1) is 6.61 Å². The largest absolute Gasteiger partial charge is 0.494 e. The van der Waals surface area contributed by atoms with Crippen LogP contribution in [0.1, 0.15) is 12.0 Å². The molecular weight excluding hydrogens is 460 g/mol. The SMILES string of the molecule is BrCC(CCOc1ccc(Br)cc1)Cc1ccccc1Br. The van der Waals surface area contributed by atoms with Gasteiger partial charge in [0, 0.05) is 14.3 Å². The van der Waals surface area contributed by atoms with Gasteiger partial charge in [-0.05, 0) is 54.7 Å². The molecule has 0 spiro atoms. The van der Waals surface area contributed by atoms with Gasteiger partial charge in [-0.15, -0.1) is 0 Å². The Balaban J connectivity index is 1.82. The highest BCUT2D eigenvalue weighted by Gasteiger charge is 2.10. The zero-order valence-corrected chi connectivity index (χ0v) is 16.3. The van der Waals surface area contributed by atoms with Crippen molar-refractivity contribution in [3.63, 3.8) is 0 Å². The normalized spacial score (nSPS) is 12.1. The average molecular weight is 477 g/mol. The summed E-state index contributed by atoms with van der Waals surface area (Å²) in [6.07, 6.45) is 2.08. The molecule has 0 radical (unpaired) electrons. The molecule has 0 aliphatic carbocycles. The summed E-state index contributed by atoms with van der Waals surface area (Å²) in [5.41, 5.74) is 1.35. The second kappa shape index (κ2) is 8.96. The van der Waals surface area contributed by atoms with E-state index in [0.717, 1.165) is 35.0 Å². The quantitative estimate of drug-likeness (QED) is 0.430. The molecule has 0 amide bonds. The number of rotatable bonds is 7. The molecule has 112 valence electrons. The number of ether oxygens (including phenoxy) is 1. The minimum Gasteiger partial charge on any atom is -0.494 e. The molecule has 0 saturated heterocycles. The first-order valence-electron chi connectivity index (χ1n) is 6.87. The van der Waals surface area contributed by atoms with E-state index in [9.17, 15) is 0 Å². The van der Waals surface area contributed by atoms with Crippen LogP contribution in [0.25, 0.3) is 0 Å². The van der Waals surface area contributed by atoms with Crippen molar-refractivity contribution in [1.82, 2.24) is 0 Å². The first-order valence-corrected chi connectivity index (χ1v) is 9.57. The summed E-state index contributed by atoms with van der Waals surface area (Å²) in [7, 11) is 0. The topological polar surface area (TPSA) is 9.23 Å². The molecular formula is C17H17Br3O. The lowest BCUT2D eigenvalue weighted by Crippen LogP contribution is -2.11. The van der Waals surface area contributed by atoms with E-state index in [4.69, 9.17) is 4.74 Å². The molecule has 21 heavy (non-hydrogen) atoms. The second-order valence-corrected chi connectivity index (χ2v) is 7.32. The van der Waals surface area contributed by atoms with E-state index in [1.165, 1.54) is 10.0 Å². The van der Waals surface area contributed by atoms with E-state index < -0.39 is 0 Å². The summed E-state index contributed by atoms with van der Waals surface area (Å²) >= 11 is 10.7. The third-order valence-corrected chi connectivity index (χ3v) is 5.51. The predicted molar refractivity (Wildman–Crippen MR) is 99.4 cm³/mol. The molecule has 0 fully saturated rings. The monoisotopic (exact) mass is 474 g/mol. The van der Waals surface area contributed by atoms with Crippen LogP contribution in [0.3, 0.4) is 0 Å². The third kappa shape index (κ3) is 5.76. The molecule has 1 nitrogen and oxygen atoms in total. The van der Waals surface area contributed by atoms with E-state index in [1.54, 1.807) is 0 Å². The van der Waals surface area contributed by atoms with Gasteiger partial charge >= 0.3 is 0 Å². The molecule has 0 aliphatic heterocycles. The van der Waals surface area contributed by atoms with Crippen LogP contribution in [-0.4, -0.2) is 11.9 Å². The molecule has 1 atom stereocenters. The minimum atomic E-state index is 0.569. The van der Waals surface area contributed by atoms with Crippen LogP contribution in [0.5, 0.6) is 5.75 Å². The highest BCUT2D eigenvalue weighted by molar-refractivity contribution is 9.10. The summed E-state index contributed by atoms with van der Waals surface area (Å²) in [6.45, 7) is 0.738. The summed E-state index contributed by atoms with van der Waals surface area (Å²) in [5, 5.41) is 0.984. The second-order valence-electron chi connectivity index (χ2n) is 4.91. The van der Waals surface area contributed by atoms with Crippen molar-refractivity contribution in [3.05, 3.63) is 63.0 Å². The Hall–Kier alpha value is -0.320. The van der Waals surface area contributed by atoms with Crippen molar-refractivity contribution < 1.29 is 4.74 Å². The van der Waals surface area contributed by atoms with Gasteiger partial charge in [-0.25, -0.2) is 0 Å². The highest BCUT2D eigenvalue weighted by atomic mass is 79.9. The van der Waals surface area contributed by atoms with Gasteiger partial charge in [-0.1, -0.05) is 66.0 Å². The van der Waals surface area contributed by atoms with E-state index in [-0.39, 0.29) is 0 Å². The fraction of sp³-hybridized carbons (Fsp3) is 0.294. The minimum absolute atomic E-state index is 0.569. The maximum absolute atomic E-state index is 5.81. The maximum Gasteiger partial charge on any atom is 0.119 e. The van der Waals surface area contributed by atoms with Crippen molar-refractivity contribution in [3.8, 4) is 5.75 Å². The summed E-state index contributed by atoms with van der Waals surface area (Å²) in [6, 6.07) is 16.4. The Bertz CT molecular complexity index is 554. The Kier molecular flexibility index (Phi) is 7.27. The lowest BCUT2D eigenvalue weighted by atomic mass is 9.98. The first-order chi connectivity index (χ1) is 10.2. The van der Waals surface area contributed by atoms with Crippen molar-refractivity contribution >= 4 is 47.8 Å².